The van der Waals surface area contributed by atoms with Gasteiger partial charge in [-0.05, 0) is 25.0 Å². The van der Waals surface area contributed by atoms with Gasteiger partial charge in [0, 0.05) is 39.1 Å². The summed E-state index contributed by atoms with van der Waals surface area (Å²) in [6, 6.07) is 6.41. The smallest absolute Gasteiger partial charge is 0.217 e. The van der Waals surface area contributed by atoms with Crippen LogP contribution >= 0.6 is 0 Å². The normalized spacial score (nSPS) is 22.0. The topological polar surface area (TPSA) is 64.8 Å². The molecule has 1 aromatic rings. The lowest BCUT2D eigenvalue weighted by Crippen LogP contribution is -2.45. The molecule has 0 saturated carbocycles. The number of carbonyl (C=O) groups is 1. The van der Waals surface area contributed by atoms with Crippen LogP contribution < -0.4 is 10.5 Å². The number of rotatable bonds is 8. The Labute approximate surface area is 136 Å². The Morgan fingerprint density at radius 3 is 2.91 bits per heavy atom. The van der Waals surface area contributed by atoms with Crippen LogP contribution in [-0.4, -0.2) is 50.3 Å². The zero-order valence-electron chi connectivity index (χ0n) is 13.5. The highest BCUT2D eigenvalue weighted by Crippen LogP contribution is 2.23. The Kier molecular flexibility index (Phi) is 6.80. The van der Waals surface area contributed by atoms with E-state index in [9.17, 15) is 9.18 Å². The number of amides is 1. The monoisotopic (exact) mass is 324 g/mol. The van der Waals surface area contributed by atoms with Crippen molar-refractivity contribution in [3.05, 3.63) is 30.1 Å². The number of primary amides is 1. The van der Waals surface area contributed by atoms with Crippen LogP contribution in [0.3, 0.4) is 0 Å². The van der Waals surface area contributed by atoms with Gasteiger partial charge in [0.15, 0.2) is 11.6 Å². The number of ether oxygens (including phenoxy) is 2. The van der Waals surface area contributed by atoms with Crippen LogP contribution in [0.2, 0.25) is 0 Å². The second kappa shape index (κ2) is 8.84. The first-order chi connectivity index (χ1) is 11.1. The van der Waals surface area contributed by atoms with Gasteiger partial charge in [0.25, 0.3) is 0 Å². The summed E-state index contributed by atoms with van der Waals surface area (Å²) >= 11 is 0. The molecule has 1 amide bonds. The molecular weight excluding hydrogens is 299 g/mol. The van der Waals surface area contributed by atoms with Crippen molar-refractivity contribution in [1.29, 1.82) is 0 Å². The fraction of sp³-hybridized carbons (Fsp3) is 0.588. The molecule has 23 heavy (non-hydrogen) atoms. The number of hydrogen-bond donors (Lipinski definition) is 1. The number of piperidine rings is 1. The van der Waals surface area contributed by atoms with Gasteiger partial charge >= 0.3 is 0 Å². The molecule has 0 radical (unpaired) electrons. The molecule has 2 atom stereocenters. The average molecular weight is 324 g/mol. The maximum absolute atomic E-state index is 13.4. The first kappa shape index (κ1) is 17.7. The Morgan fingerprint density at radius 2 is 2.22 bits per heavy atom. The number of nitrogens with zero attached hydrogens (tertiary/aromatic N) is 1. The van der Waals surface area contributed by atoms with Crippen molar-refractivity contribution in [3.63, 3.8) is 0 Å². The van der Waals surface area contributed by atoms with Gasteiger partial charge in [0.05, 0.1) is 12.7 Å². The molecule has 2 N–H and O–H groups in total. The van der Waals surface area contributed by atoms with Crippen LogP contribution in [0.4, 0.5) is 4.39 Å². The molecule has 1 aromatic carbocycles. The predicted molar refractivity (Wildman–Crippen MR) is 85.7 cm³/mol. The number of likely N-dealkylation sites (tertiary alicyclic amines) is 1. The molecule has 5 nitrogen and oxygen atoms in total. The number of nitrogens with two attached hydrogens (primary N) is 1. The van der Waals surface area contributed by atoms with Crippen molar-refractivity contribution < 1.29 is 18.7 Å². The third kappa shape index (κ3) is 5.48. The van der Waals surface area contributed by atoms with Gasteiger partial charge in [-0.15, -0.1) is 0 Å². The van der Waals surface area contributed by atoms with Crippen molar-refractivity contribution in [2.24, 2.45) is 11.7 Å². The largest absolute Gasteiger partial charge is 0.490 e. The number of benzene rings is 1. The van der Waals surface area contributed by atoms with E-state index in [2.05, 4.69) is 4.90 Å². The highest BCUT2D eigenvalue weighted by molar-refractivity contribution is 5.74. The number of hydrogen-bond acceptors (Lipinski definition) is 4. The summed E-state index contributed by atoms with van der Waals surface area (Å²) in [6.07, 6.45) is 2.13. The zero-order valence-corrected chi connectivity index (χ0v) is 13.5. The molecule has 0 spiro atoms. The summed E-state index contributed by atoms with van der Waals surface area (Å²) in [5.74, 6) is -0.201. The molecule has 0 unspecified atom stereocenters. The van der Waals surface area contributed by atoms with Gasteiger partial charge in [0.2, 0.25) is 5.91 Å². The van der Waals surface area contributed by atoms with Gasteiger partial charge in [-0.1, -0.05) is 12.1 Å². The summed E-state index contributed by atoms with van der Waals surface area (Å²) < 4.78 is 24.3. The van der Waals surface area contributed by atoms with Crippen molar-refractivity contribution in [1.82, 2.24) is 4.90 Å². The fourth-order valence-corrected chi connectivity index (χ4v) is 3.09. The molecule has 128 valence electrons. The Balaban J connectivity index is 1.73. The second-order valence-electron chi connectivity index (χ2n) is 5.93. The van der Waals surface area contributed by atoms with Crippen molar-refractivity contribution >= 4 is 5.91 Å². The Morgan fingerprint density at radius 1 is 1.43 bits per heavy atom. The number of halogens is 1. The van der Waals surface area contributed by atoms with E-state index < -0.39 is 0 Å². The molecule has 1 fully saturated rings. The first-order valence-corrected chi connectivity index (χ1v) is 8.01. The lowest BCUT2D eigenvalue weighted by molar-refractivity contribution is -0.121. The van der Waals surface area contributed by atoms with E-state index >= 15 is 0 Å². The van der Waals surface area contributed by atoms with Crippen LogP contribution in [0.1, 0.15) is 19.3 Å². The van der Waals surface area contributed by atoms with Gasteiger partial charge in [0.1, 0.15) is 0 Å². The molecule has 0 bridgehead atoms. The number of carbonyl (C=O) groups excluding carboxylic acids is 1. The maximum atomic E-state index is 13.4. The minimum Gasteiger partial charge on any atom is -0.490 e. The van der Waals surface area contributed by atoms with Gasteiger partial charge < -0.3 is 20.1 Å². The molecule has 1 aliphatic heterocycles. The highest BCUT2D eigenvalue weighted by Gasteiger charge is 2.30. The van der Waals surface area contributed by atoms with E-state index in [1.807, 2.05) is 0 Å². The molecule has 0 aromatic heterocycles. The molecule has 1 heterocycles. The number of methoxy groups -OCH3 is 1. The predicted octanol–water partition coefficient (Wildman–Crippen LogP) is 1.81. The third-order valence-electron chi connectivity index (χ3n) is 4.23. The van der Waals surface area contributed by atoms with Crippen LogP contribution in [-0.2, 0) is 9.53 Å². The minimum absolute atomic E-state index is 0.0911. The maximum Gasteiger partial charge on any atom is 0.217 e. The molecule has 6 heteroatoms. The van der Waals surface area contributed by atoms with Crippen molar-refractivity contribution in [3.8, 4) is 5.75 Å². The number of para-hydroxylation sites is 1. The molecule has 0 aliphatic carbocycles. The van der Waals surface area contributed by atoms with Crippen molar-refractivity contribution in [2.45, 2.75) is 25.4 Å². The van der Waals surface area contributed by atoms with E-state index in [4.69, 9.17) is 15.2 Å². The Hall–Kier alpha value is -1.66. The van der Waals surface area contributed by atoms with Crippen molar-refractivity contribution in [2.75, 3.05) is 33.4 Å². The third-order valence-corrected chi connectivity index (χ3v) is 4.23. The highest BCUT2D eigenvalue weighted by atomic mass is 19.1. The molecule has 1 saturated heterocycles. The van der Waals surface area contributed by atoms with Gasteiger partial charge in [-0.3, -0.25) is 4.79 Å². The lowest BCUT2D eigenvalue weighted by atomic mass is 9.91. The van der Waals surface area contributed by atoms with E-state index in [1.54, 1.807) is 25.3 Å². The van der Waals surface area contributed by atoms with Gasteiger partial charge in [-0.2, -0.15) is 0 Å². The van der Waals surface area contributed by atoms with Crippen LogP contribution in [0, 0.1) is 11.7 Å². The van der Waals surface area contributed by atoms with Crippen LogP contribution in [0.25, 0.3) is 0 Å². The van der Waals surface area contributed by atoms with Crippen LogP contribution in [0.15, 0.2) is 24.3 Å². The van der Waals surface area contributed by atoms with Gasteiger partial charge in [-0.25, -0.2) is 4.39 Å². The lowest BCUT2D eigenvalue weighted by Gasteiger charge is -2.37. The summed E-state index contributed by atoms with van der Waals surface area (Å²) in [4.78, 5) is 13.5. The SMILES string of the molecule is CO[C@@H]1CCN(CCCOc2ccccc2F)C[C@H]1CC(N)=O. The van der Waals surface area contributed by atoms with Crippen LogP contribution in [0.5, 0.6) is 5.75 Å². The molecular formula is C17H25FN2O3. The minimum atomic E-state index is -0.338. The summed E-state index contributed by atoms with van der Waals surface area (Å²) in [5, 5.41) is 0. The molecule has 1 aliphatic rings. The Bertz CT molecular complexity index is 512. The molecule has 2 rings (SSSR count). The summed E-state index contributed by atoms with van der Waals surface area (Å²) in [5.41, 5.74) is 5.32. The van der Waals surface area contributed by atoms with E-state index in [0.717, 1.165) is 32.5 Å². The second-order valence-corrected chi connectivity index (χ2v) is 5.93. The average Bonchev–Trinajstić information content (AvgIpc) is 2.53. The van der Waals surface area contributed by atoms with E-state index in [0.29, 0.717) is 13.0 Å². The first-order valence-electron chi connectivity index (χ1n) is 8.01. The quantitative estimate of drug-likeness (QED) is 0.741. The fourth-order valence-electron chi connectivity index (χ4n) is 3.09. The van der Waals surface area contributed by atoms with E-state index in [1.165, 1.54) is 6.07 Å². The van der Waals surface area contributed by atoms with E-state index in [-0.39, 0.29) is 29.5 Å². The standard InChI is InChI=1S/C17H25FN2O3/c1-22-15-7-9-20(12-13(15)11-17(19)21)8-4-10-23-16-6-3-2-5-14(16)18/h2-3,5-6,13,15H,4,7-12H2,1H3,(H2,19,21)/t13-,15-/m1/s1. The summed E-state index contributed by atoms with van der Waals surface area (Å²) in [7, 11) is 1.68. The summed E-state index contributed by atoms with van der Waals surface area (Å²) in [6.45, 7) is 3.03. The zero-order chi connectivity index (χ0) is 16.7.